The summed E-state index contributed by atoms with van der Waals surface area (Å²) in [6.07, 6.45) is 3.93. The van der Waals surface area contributed by atoms with Gasteiger partial charge in [-0.3, -0.25) is 33.7 Å². The fourth-order valence-electron chi connectivity index (χ4n) is 11.3. The van der Waals surface area contributed by atoms with Crippen molar-refractivity contribution < 1.29 is 29.0 Å². The lowest BCUT2D eigenvalue weighted by molar-refractivity contribution is -0.144. The number of nitrogens with zero attached hydrogens (tertiary/aromatic N) is 5. The minimum absolute atomic E-state index is 0.0671. The maximum absolute atomic E-state index is 15.3. The van der Waals surface area contributed by atoms with Gasteiger partial charge < -0.3 is 9.84 Å². The molecule has 0 bridgehead atoms. The number of aromatic nitrogens is 2. The van der Waals surface area contributed by atoms with Gasteiger partial charge in [0, 0.05) is 60.0 Å². The molecule has 0 radical (unpaired) electrons. The van der Waals surface area contributed by atoms with E-state index in [0.717, 1.165) is 45.7 Å². The molecule has 13 heteroatoms. The highest BCUT2D eigenvalue weighted by atomic mass is 35.5. The first-order chi connectivity index (χ1) is 28.9. The highest BCUT2D eigenvalue weighted by Gasteiger charge is 2.68. The van der Waals surface area contributed by atoms with Gasteiger partial charge in [-0.1, -0.05) is 59.6 Å². The molecule has 2 aliphatic carbocycles. The first-order valence-electron chi connectivity index (χ1n) is 20.7. The van der Waals surface area contributed by atoms with Gasteiger partial charge in [-0.25, -0.2) is 4.90 Å². The van der Waals surface area contributed by atoms with Gasteiger partial charge in [-0.05, 0) is 92.3 Å². The second-order valence-corrected chi connectivity index (χ2v) is 18.8. The molecular formula is C47H46ClN5O6S. The molecule has 1 N–H and O–H groups in total. The van der Waals surface area contributed by atoms with Crippen LogP contribution in [0.2, 0.25) is 5.02 Å². The quantitative estimate of drug-likeness (QED) is 0.130. The zero-order chi connectivity index (χ0) is 41.8. The first-order valence-corrected chi connectivity index (χ1v) is 21.9. The third-order valence-electron chi connectivity index (χ3n) is 14.2. The number of carbonyl (C=O) groups excluding carboxylic acids is 4. The number of imide groups is 2. The molecule has 10 rings (SSSR count). The fraction of sp³-hybridized carbons (Fsp3) is 0.383. The summed E-state index contributed by atoms with van der Waals surface area (Å²) in [7, 11) is 3.24. The number of hydrogen-bond donors (Lipinski definition) is 1. The summed E-state index contributed by atoms with van der Waals surface area (Å²) in [5, 5.41) is 18.1. The number of likely N-dealkylation sites (tertiary alicyclic amines) is 2. The van der Waals surface area contributed by atoms with Gasteiger partial charge >= 0.3 is 0 Å². The molecule has 308 valence electrons. The third kappa shape index (κ3) is 5.74. The van der Waals surface area contributed by atoms with E-state index in [2.05, 4.69) is 17.0 Å². The number of benzene rings is 3. The Morgan fingerprint density at radius 3 is 2.47 bits per heavy atom. The van der Waals surface area contributed by atoms with E-state index < -0.39 is 46.8 Å². The standard InChI is InChI=1S/C47H46ClN5O6S/c1-25-31-21-27(48)13-16-37(31)60-42(25)34-23-38(50(3)49-34)53-44(56)33-22-32-29(41(47(33,2)46(53)58)40-35(54)11-8-12-36(40)59-4)14-15-30-39(32)45(57)52(43(30)55)28-17-19-51(20-18-28)24-26-9-6-5-7-10-26/h5-14,16,21,23,28,30,32-33,39,41,54H,15,17-20,22,24H2,1-4H3. The summed E-state index contributed by atoms with van der Waals surface area (Å²) in [6, 6.07) is 22.6. The number of phenols is 1. The molecule has 3 aromatic carbocycles. The Kier molecular flexibility index (Phi) is 9.34. The Morgan fingerprint density at radius 1 is 0.950 bits per heavy atom. The number of aromatic hydroxyl groups is 1. The van der Waals surface area contributed by atoms with Crippen LogP contribution in [0.15, 0.2) is 84.4 Å². The van der Waals surface area contributed by atoms with Crippen molar-refractivity contribution in [1.82, 2.24) is 19.6 Å². The van der Waals surface area contributed by atoms with Gasteiger partial charge in [0.05, 0.1) is 35.2 Å². The number of carbonyl (C=O) groups is 4. The zero-order valence-corrected chi connectivity index (χ0v) is 35.5. The number of thiophene rings is 1. The molecule has 2 aromatic heterocycles. The minimum Gasteiger partial charge on any atom is -0.508 e. The second kappa shape index (κ2) is 14.4. The van der Waals surface area contributed by atoms with Crippen LogP contribution in [-0.2, 0) is 32.8 Å². The van der Waals surface area contributed by atoms with Crippen molar-refractivity contribution in [3.63, 3.8) is 0 Å². The Balaban J connectivity index is 1.01. The number of hydrogen-bond acceptors (Lipinski definition) is 9. The van der Waals surface area contributed by atoms with E-state index >= 15 is 9.59 Å². The van der Waals surface area contributed by atoms with Crippen molar-refractivity contribution in [2.75, 3.05) is 25.1 Å². The largest absolute Gasteiger partial charge is 0.508 e. The molecule has 3 saturated heterocycles. The normalized spacial score (nSPS) is 27.1. The molecule has 6 unspecified atom stereocenters. The SMILES string of the molecule is COc1cccc(O)c1C1C2=CCC3C(=O)N(C4CCN(Cc5ccccc5)CC4)C(=O)C3C2CC2C(=O)N(c3cc(-c4sc5ccc(Cl)cc5c4C)nn3C)C(=O)C21C. The topological polar surface area (TPSA) is 125 Å². The lowest BCUT2D eigenvalue weighted by Gasteiger charge is -2.49. The van der Waals surface area contributed by atoms with Gasteiger partial charge in [0.15, 0.2) is 0 Å². The van der Waals surface area contributed by atoms with Crippen LogP contribution in [0.25, 0.3) is 20.7 Å². The maximum Gasteiger partial charge on any atom is 0.242 e. The van der Waals surface area contributed by atoms with Crippen molar-refractivity contribution in [1.29, 1.82) is 0 Å². The smallest absolute Gasteiger partial charge is 0.242 e. The van der Waals surface area contributed by atoms with Crippen LogP contribution < -0.4 is 9.64 Å². The average molecular weight is 844 g/mol. The number of methoxy groups -OCH3 is 1. The van der Waals surface area contributed by atoms with Crippen LogP contribution in [0.1, 0.15) is 55.2 Å². The average Bonchev–Trinajstić information content (AvgIpc) is 3.92. The van der Waals surface area contributed by atoms with E-state index in [-0.39, 0.29) is 30.0 Å². The molecule has 5 heterocycles. The molecule has 5 aliphatic rings. The highest BCUT2D eigenvalue weighted by molar-refractivity contribution is 7.22. The minimum atomic E-state index is -1.37. The summed E-state index contributed by atoms with van der Waals surface area (Å²) in [5.41, 5.74) is 2.68. The van der Waals surface area contributed by atoms with Gasteiger partial charge in [-0.2, -0.15) is 5.10 Å². The van der Waals surface area contributed by atoms with E-state index in [4.69, 9.17) is 21.4 Å². The van der Waals surface area contributed by atoms with Gasteiger partial charge in [0.2, 0.25) is 23.6 Å². The van der Waals surface area contributed by atoms with E-state index in [1.54, 1.807) is 52.2 Å². The molecule has 3 aliphatic heterocycles. The Labute approximate surface area is 357 Å². The number of amides is 4. The molecule has 4 amide bonds. The number of piperidine rings is 1. The monoisotopic (exact) mass is 843 g/mol. The van der Waals surface area contributed by atoms with Crippen LogP contribution >= 0.6 is 22.9 Å². The van der Waals surface area contributed by atoms with E-state index in [1.807, 2.05) is 56.3 Å². The van der Waals surface area contributed by atoms with Crippen LogP contribution in [0.4, 0.5) is 5.82 Å². The number of aryl methyl sites for hydroxylation is 2. The lowest BCUT2D eigenvalue weighted by atomic mass is 9.51. The molecule has 0 spiro atoms. The van der Waals surface area contributed by atoms with Crippen molar-refractivity contribution in [3.8, 4) is 22.1 Å². The molecular weight excluding hydrogens is 798 g/mol. The highest BCUT2D eigenvalue weighted by Crippen LogP contribution is 2.65. The number of allylic oxidation sites excluding steroid dienone is 2. The number of halogens is 1. The van der Waals surface area contributed by atoms with Crippen molar-refractivity contribution in [3.05, 3.63) is 106 Å². The Bertz CT molecular complexity index is 2650. The van der Waals surface area contributed by atoms with Crippen LogP contribution in [0.3, 0.4) is 0 Å². The zero-order valence-electron chi connectivity index (χ0n) is 33.9. The maximum atomic E-state index is 15.3. The second-order valence-electron chi connectivity index (χ2n) is 17.3. The number of phenolic OH excluding ortho intramolecular Hbond substituents is 1. The van der Waals surface area contributed by atoms with Crippen LogP contribution in [0, 0.1) is 36.0 Å². The van der Waals surface area contributed by atoms with Crippen LogP contribution in [0.5, 0.6) is 11.5 Å². The first kappa shape index (κ1) is 38.9. The Morgan fingerprint density at radius 2 is 1.72 bits per heavy atom. The number of ether oxygens (including phenoxy) is 1. The fourth-order valence-corrected chi connectivity index (χ4v) is 12.6. The molecule has 5 aromatic rings. The summed E-state index contributed by atoms with van der Waals surface area (Å²) in [6.45, 7) is 6.18. The van der Waals surface area contributed by atoms with Gasteiger partial charge in [0.1, 0.15) is 23.0 Å². The molecule has 60 heavy (non-hydrogen) atoms. The Hall–Kier alpha value is -5.30. The number of rotatable bonds is 7. The number of fused-ring (bicyclic) bond motifs is 5. The predicted molar refractivity (Wildman–Crippen MR) is 230 cm³/mol. The van der Waals surface area contributed by atoms with Crippen molar-refractivity contribution in [2.24, 2.45) is 36.1 Å². The summed E-state index contributed by atoms with van der Waals surface area (Å²) < 4.78 is 8.48. The summed E-state index contributed by atoms with van der Waals surface area (Å²) in [4.78, 5) is 65.6. The van der Waals surface area contributed by atoms with Gasteiger partial charge in [-0.15, -0.1) is 11.3 Å². The molecule has 1 saturated carbocycles. The van der Waals surface area contributed by atoms with Crippen molar-refractivity contribution in [2.45, 2.75) is 58.0 Å². The van der Waals surface area contributed by atoms with E-state index in [9.17, 15) is 14.7 Å². The molecule has 6 atom stereocenters. The van der Waals surface area contributed by atoms with Crippen LogP contribution in [-0.4, -0.2) is 74.6 Å². The van der Waals surface area contributed by atoms with Crippen molar-refractivity contribution >= 4 is 62.5 Å². The molecule has 4 fully saturated rings. The number of anilines is 1. The lowest BCUT2D eigenvalue weighted by Crippen LogP contribution is -2.49. The third-order valence-corrected chi connectivity index (χ3v) is 15.8. The van der Waals surface area contributed by atoms with E-state index in [0.29, 0.717) is 47.1 Å². The summed E-state index contributed by atoms with van der Waals surface area (Å²) >= 11 is 7.92. The predicted octanol–water partition coefficient (Wildman–Crippen LogP) is 7.87. The summed E-state index contributed by atoms with van der Waals surface area (Å²) in [5.74, 6) is -3.96. The van der Waals surface area contributed by atoms with Gasteiger partial charge in [0.25, 0.3) is 0 Å². The molecule has 11 nitrogen and oxygen atoms in total. The van der Waals surface area contributed by atoms with E-state index in [1.165, 1.54) is 17.6 Å².